The zero-order valence-corrected chi connectivity index (χ0v) is 31.1. The van der Waals surface area contributed by atoms with Crippen molar-refractivity contribution in [3.8, 4) is 45.4 Å². The van der Waals surface area contributed by atoms with Crippen LogP contribution in [0.1, 0.15) is 50.8 Å². The van der Waals surface area contributed by atoms with E-state index < -0.39 is 12.1 Å². The lowest BCUT2D eigenvalue weighted by Crippen LogP contribution is -2.40. The van der Waals surface area contributed by atoms with Crippen LogP contribution in [0.5, 0.6) is 23.0 Å². The van der Waals surface area contributed by atoms with Crippen LogP contribution in [0, 0.1) is 5.92 Å². The second-order valence-electron chi connectivity index (χ2n) is 12.7. The monoisotopic (exact) mass is 725 g/mol. The summed E-state index contributed by atoms with van der Waals surface area (Å²) in [6.45, 7) is 5.41. The fourth-order valence-electron chi connectivity index (χ4n) is 6.77. The van der Waals surface area contributed by atoms with Crippen LogP contribution in [0.3, 0.4) is 0 Å². The van der Waals surface area contributed by atoms with E-state index in [1.807, 2.05) is 55.8 Å². The fourth-order valence-corrected chi connectivity index (χ4v) is 7.49. The standard InChI is InChI=1S/C39H43N5O7S/c1-8-20(2)35(38(47)44-39-43-31(19-52-39)27-18-40-28-13-10-23(48-4)16-25(27)28)42-30-14-11-24-26(17-32(30)46)29(41-21(3)45)12-9-22-15-33(49-5)36(50-6)37(51-7)34(22)24/h10-11,13-20,29,35,40H,8-9,12H2,1-7H3,(H,41,45)(H,42,46)(H,43,44,47). The summed E-state index contributed by atoms with van der Waals surface area (Å²) >= 11 is 1.32. The van der Waals surface area contributed by atoms with E-state index in [2.05, 4.69) is 20.9 Å². The van der Waals surface area contributed by atoms with Crippen LogP contribution >= 0.6 is 11.3 Å². The number of nitrogens with zero attached hydrogens (tertiary/aromatic N) is 1. The van der Waals surface area contributed by atoms with Crippen LogP contribution in [0.4, 0.5) is 10.8 Å². The van der Waals surface area contributed by atoms with Gasteiger partial charge in [-0.15, -0.1) is 11.3 Å². The number of methoxy groups -OCH3 is 4. The Hall–Kier alpha value is -5.56. The number of nitrogens with one attached hydrogen (secondary N) is 4. The highest BCUT2D eigenvalue weighted by atomic mass is 32.1. The zero-order valence-electron chi connectivity index (χ0n) is 30.3. The van der Waals surface area contributed by atoms with Crippen LogP contribution in [0.25, 0.3) is 33.3 Å². The maximum Gasteiger partial charge on any atom is 0.248 e. The number of aromatic nitrogens is 2. The van der Waals surface area contributed by atoms with E-state index in [9.17, 15) is 14.4 Å². The maximum absolute atomic E-state index is 14.0. The summed E-state index contributed by atoms with van der Waals surface area (Å²) in [5, 5.41) is 12.6. The van der Waals surface area contributed by atoms with Gasteiger partial charge in [-0.25, -0.2) is 4.98 Å². The number of hydrogen-bond donors (Lipinski definition) is 4. The summed E-state index contributed by atoms with van der Waals surface area (Å²) in [6, 6.07) is 11.5. The molecule has 12 nitrogen and oxygen atoms in total. The molecule has 2 amide bonds. The van der Waals surface area contributed by atoms with E-state index in [1.165, 1.54) is 18.3 Å². The van der Waals surface area contributed by atoms with Crippen molar-refractivity contribution in [3.63, 3.8) is 0 Å². The number of aromatic amines is 1. The number of hydrogen-bond acceptors (Lipinski definition) is 10. The molecule has 0 radical (unpaired) electrons. The highest BCUT2D eigenvalue weighted by Crippen LogP contribution is 2.50. The molecular formula is C39H43N5O7S. The number of anilines is 2. The summed E-state index contributed by atoms with van der Waals surface area (Å²) in [7, 11) is 6.29. The number of carbonyl (C=O) groups is 2. The first-order valence-corrected chi connectivity index (χ1v) is 17.9. The highest BCUT2D eigenvalue weighted by Gasteiger charge is 2.31. The largest absolute Gasteiger partial charge is 0.497 e. The number of ether oxygens (including phenoxy) is 4. The number of thiazole rings is 1. The van der Waals surface area contributed by atoms with Gasteiger partial charge in [0.1, 0.15) is 11.8 Å². The van der Waals surface area contributed by atoms with Crippen molar-refractivity contribution in [2.45, 2.75) is 52.1 Å². The summed E-state index contributed by atoms with van der Waals surface area (Å²) < 4.78 is 22.6. The predicted molar refractivity (Wildman–Crippen MR) is 204 cm³/mol. The van der Waals surface area contributed by atoms with Gasteiger partial charge in [0, 0.05) is 40.5 Å². The molecule has 13 heteroatoms. The Morgan fingerprint density at radius 2 is 1.79 bits per heavy atom. The molecule has 0 saturated carbocycles. The predicted octanol–water partition coefficient (Wildman–Crippen LogP) is 6.94. The van der Waals surface area contributed by atoms with Gasteiger partial charge >= 0.3 is 0 Å². The van der Waals surface area contributed by atoms with Crippen LogP contribution in [0.2, 0.25) is 0 Å². The number of rotatable bonds is 12. The molecule has 1 aliphatic carbocycles. The Bertz CT molecular complexity index is 2200. The molecule has 0 saturated heterocycles. The molecule has 5 aromatic rings. The third-order valence-corrected chi connectivity index (χ3v) is 10.4. The lowest BCUT2D eigenvalue weighted by atomic mass is 9.95. The number of aryl methyl sites for hydroxylation is 1. The van der Waals surface area contributed by atoms with Crippen molar-refractivity contribution >= 4 is 44.9 Å². The van der Waals surface area contributed by atoms with Crippen molar-refractivity contribution < 1.29 is 28.5 Å². The van der Waals surface area contributed by atoms with Crippen molar-refractivity contribution in [3.05, 3.63) is 75.4 Å². The lowest BCUT2D eigenvalue weighted by molar-refractivity contribution is -0.120. The summed E-state index contributed by atoms with van der Waals surface area (Å²) in [5.41, 5.74) is 5.46. The van der Waals surface area contributed by atoms with E-state index in [0.29, 0.717) is 58.5 Å². The van der Waals surface area contributed by atoms with Gasteiger partial charge in [0.15, 0.2) is 16.6 Å². The first kappa shape index (κ1) is 36.2. The van der Waals surface area contributed by atoms with Gasteiger partial charge < -0.3 is 39.9 Å². The quantitative estimate of drug-likeness (QED) is 0.107. The molecule has 0 fully saturated rings. The minimum absolute atomic E-state index is 0.145. The van der Waals surface area contributed by atoms with Gasteiger partial charge in [0.2, 0.25) is 23.0 Å². The van der Waals surface area contributed by atoms with Gasteiger partial charge in [-0.3, -0.25) is 14.4 Å². The van der Waals surface area contributed by atoms with Crippen molar-refractivity contribution in [1.82, 2.24) is 15.3 Å². The molecule has 3 unspecified atom stereocenters. The second kappa shape index (κ2) is 15.4. The molecule has 3 atom stereocenters. The van der Waals surface area contributed by atoms with Gasteiger partial charge in [-0.2, -0.15) is 0 Å². The Morgan fingerprint density at radius 1 is 1.00 bits per heavy atom. The first-order chi connectivity index (χ1) is 25.1. The van der Waals surface area contributed by atoms with Gasteiger partial charge in [0.05, 0.1) is 45.9 Å². The van der Waals surface area contributed by atoms with E-state index in [4.69, 9.17) is 23.9 Å². The smallest absolute Gasteiger partial charge is 0.248 e. The van der Waals surface area contributed by atoms with Gasteiger partial charge in [-0.1, -0.05) is 26.3 Å². The number of amides is 2. The van der Waals surface area contributed by atoms with Crippen LogP contribution in [-0.2, 0) is 16.0 Å². The zero-order chi connectivity index (χ0) is 37.1. The first-order valence-electron chi connectivity index (χ1n) is 17.1. The Labute approximate surface area is 305 Å². The molecule has 0 spiro atoms. The fraction of sp³-hybridized carbons (Fsp3) is 0.333. The topological polar surface area (TPSA) is 153 Å². The number of benzene rings is 2. The Morgan fingerprint density at radius 3 is 2.48 bits per heavy atom. The summed E-state index contributed by atoms with van der Waals surface area (Å²) in [5.74, 6) is 1.45. The summed E-state index contributed by atoms with van der Waals surface area (Å²) in [4.78, 5) is 48.3. The lowest BCUT2D eigenvalue weighted by Gasteiger charge is -2.23. The van der Waals surface area contributed by atoms with Crippen LogP contribution < -0.4 is 40.3 Å². The third-order valence-electron chi connectivity index (χ3n) is 9.62. The Kier molecular flexibility index (Phi) is 10.7. The maximum atomic E-state index is 14.0. The van der Waals surface area contributed by atoms with Gasteiger partial charge in [0.25, 0.3) is 0 Å². The van der Waals surface area contributed by atoms with Crippen molar-refractivity contribution in [2.75, 3.05) is 39.1 Å². The molecule has 3 aromatic carbocycles. The molecule has 1 aliphatic rings. The number of fused-ring (bicyclic) bond motifs is 4. The second-order valence-corrected chi connectivity index (χ2v) is 13.6. The van der Waals surface area contributed by atoms with Gasteiger partial charge in [-0.05, 0) is 71.8 Å². The minimum atomic E-state index is -0.762. The molecule has 0 bridgehead atoms. The van der Waals surface area contributed by atoms with Crippen LogP contribution in [0.15, 0.2) is 58.8 Å². The SMILES string of the molecule is CCC(C)C(Nc1ccc2c(cc1=O)C(NC(C)=O)CCc1cc(OC)c(OC)c(OC)c1-2)C(=O)Nc1nc(-c2c[nH]c3ccc(OC)cc23)cs1. The molecule has 272 valence electrons. The highest BCUT2D eigenvalue weighted by molar-refractivity contribution is 7.14. The molecule has 2 heterocycles. The van der Waals surface area contributed by atoms with Crippen molar-refractivity contribution in [2.24, 2.45) is 5.92 Å². The molecule has 2 aromatic heterocycles. The summed E-state index contributed by atoms with van der Waals surface area (Å²) in [6.07, 6.45) is 3.67. The number of carbonyl (C=O) groups excluding carboxylic acids is 2. The molecular weight excluding hydrogens is 683 g/mol. The molecule has 0 aliphatic heterocycles. The molecule has 52 heavy (non-hydrogen) atoms. The Balaban J connectivity index is 1.36. The molecule has 6 rings (SSSR count). The van der Waals surface area contributed by atoms with E-state index in [0.717, 1.165) is 33.3 Å². The van der Waals surface area contributed by atoms with E-state index in [-0.39, 0.29) is 28.8 Å². The van der Waals surface area contributed by atoms with Crippen LogP contribution in [-0.4, -0.2) is 56.3 Å². The normalized spacial score (nSPS) is 14.6. The minimum Gasteiger partial charge on any atom is -0.497 e. The number of H-pyrrole nitrogens is 1. The average Bonchev–Trinajstić information content (AvgIpc) is 3.71. The van der Waals surface area contributed by atoms with E-state index >= 15 is 0 Å². The van der Waals surface area contributed by atoms with Crippen molar-refractivity contribution in [1.29, 1.82) is 0 Å². The third kappa shape index (κ3) is 7.00. The molecule has 4 N–H and O–H groups in total. The van der Waals surface area contributed by atoms with E-state index in [1.54, 1.807) is 40.6 Å². The average molecular weight is 726 g/mol.